The Balaban J connectivity index is 2.12. The highest BCUT2D eigenvalue weighted by atomic mass is 16.2. The average molecular weight is 249 g/mol. The van der Waals surface area contributed by atoms with Crippen LogP contribution >= 0.6 is 0 Å². The molecular formula is C12H15N3O3. The first kappa shape index (κ1) is 12.3. The molecule has 1 aliphatic heterocycles. The standard InChI is InChI=1S/C12H15N3O3/c1-7-5-10(16)8(6-14-7)11(17)15-9-3-2-4-13-12(9)18/h5-6,9H,2-4H2,1H3,(H,13,18)(H,14,16)(H,15,17). The molecule has 0 bridgehead atoms. The number of aromatic nitrogens is 1. The van der Waals surface area contributed by atoms with E-state index in [4.69, 9.17) is 0 Å². The van der Waals surface area contributed by atoms with Crippen LogP contribution in [0.3, 0.4) is 0 Å². The number of piperidine rings is 1. The summed E-state index contributed by atoms with van der Waals surface area (Å²) in [6.45, 7) is 2.37. The fraction of sp³-hybridized carbons (Fsp3) is 0.417. The molecule has 0 aliphatic carbocycles. The maximum atomic E-state index is 11.9. The number of hydrogen-bond donors (Lipinski definition) is 3. The van der Waals surface area contributed by atoms with Crippen LogP contribution in [0.4, 0.5) is 0 Å². The molecule has 1 fully saturated rings. The van der Waals surface area contributed by atoms with Gasteiger partial charge >= 0.3 is 0 Å². The summed E-state index contributed by atoms with van der Waals surface area (Å²) in [6.07, 6.45) is 2.79. The first-order valence-electron chi connectivity index (χ1n) is 5.86. The van der Waals surface area contributed by atoms with Gasteiger partial charge < -0.3 is 15.6 Å². The first-order chi connectivity index (χ1) is 8.58. The zero-order valence-corrected chi connectivity index (χ0v) is 10.1. The number of hydrogen-bond acceptors (Lipinski definition) is 3. The number of aryl methyl sites for hydroxylation is 1. The Labute approximate surface area is 104 Å². The number of carbonyl (C=O) groups is 2. The summed E-state index contributed by atoms with van der Waals surface area (Å²) < 4.78 is 0. The van der Waals surface area contributed by atoms with Crippen molar-refractivity contribution in [1.82, 2.24) is 15.6 Å². The second kappa shape index (κ2) is 5.03. The molecule has 0 saturated carbocycles. The van der Waals surface area contributed by atoms with Gasteiger partial charge in [0.25, 0.3) is 5.91 Å². The maximum absolute atomic E-state index is 11.9. The highest BCUT2D eigenvalue weighted by molar-refractivity contribution is 5.97. The second-order valence-corrected chi connectivity index (χ2v) is 4.35. The molecule has 96 valence electrons. The molecule has 6 nitrogen and oxygen atoms in total. The third-order valence-electron chi connectivity index (χ3n) is 2.89. The quantitative estimate of drug-likeness (QED) is 0.671. The zero-order chi connectivity index (χ0) is 13.1. The van der Waals surface area contributed by atoms with Crippen LogP contribution in [0.25, 0.3) is 0 Å². The van der Waals surface area contributed by atoms with Crippen molar-refractivity contribution in [2.24, 2.45) is 0 Å². The molecule has 2 heterocycles. The van der Waals surface area contributed by atoms with Gasteiger partial charge in [-0.25, -0.2) is 0 Å². The molecule has 1 unspecified atom stereocenters. The van der Waals surface area contributed by atoms with Crippen LogP contribution in [0.15, 0.2) is 17.1 Å². The Morgan fingerprint density at radius 1 is 1.44 bits per heavy atom. The smallest absolute Gasteiger partial charge is 0.257 e. The van der Waals surface area contributed by atoms with Crippen molar-refractivity contribution in [1.29, 1.82) is 0 Å². The summed E-state index contributed by atoms with van der Waals surface area (Å²) in [7, 11) is 0. The average Bonchev–Trinajstić information content (AvgIpc) is 2.32. The lowest BCUT2D eigenvalue weighted by molar-refractivity contribution is -0.124. The lowest BCUT2D eigenvalue weighted by atomic mass is 10.1. The van der Waals surface area contributed by atoms with Gasteiger partial charge in [0.1, 0.15) is 11.6 Å². The molecule has 1 aromatic rings. The number of carbonyl (C=O) groups excluding carboxylic acids is 2. The van der Waals surface area contributed by atoms with E-state index in [1.54, 1.807) is 6.92 Å². The van der Waals surface area contributed by atoms with Crippen LogP contribution in [-0.2, 0) is 4.79 Å². The first-order valence-corrected chi connectivity index (χ1v) is 5.86. The van der Waals surface area contributed by atoms with E-state index in [0.29, 0.717) is 18.7 Å². The molecule has 18 heavy (non-hydrogen) atoms. The summed E-state index contributed by atoms with van der Waals surface area (Å²) in [5, 5.41) is 5.25. The van der Waals surface area contributed by atoms with Crippen LogP contribution in [0, 0.1) is 6.92 Å². The topological polar surface area (TPSA) is 91.1 Å². The lowest BCUT2D eigenvalue weighted by Crippen LogP contribution is -2.50. The normalized spacial score (nSPS) is 19.2. The van der Waals surface area contributed by atoms with Gasteiger partial charge in [-0.2, -0.15) is 0 Å². The van der Waals surface area contributed by atoms with E-state index in [-0.39, 0.29) is 16.9 Å². The molecule has 1 atom stereocenters. The fourth-order valence-electron chi connectivity index (χ4n) is 1.90. The number of nitrogens with one attached hydrogen (secondary N) is 3. The van der Waals surface area contributed by atoms with Gasteiger partial charge in [0.05, 0.1) is 0 Å². The largest absolute Gasteiger partial charge is 0.364 e. The monoisotopic (exact) mass is 249 g/mol. The predicted octanol–water partition coefficient (Wildman–Crippen LogP) is -0.308. The maximum Gasteiger partial charge on any atom is 0.257 e. The molecule has 3 N–H and O–H groups in total. The van der Waals surface area contributed by atoms with Crippen molar-refractivity contribution in [2.45, 2.75) is 25.8 Å². The van der Waals surface area contributed by atoms with Crippen LogP contribution in [0.2, 0.25) is 0 Å². The number of aromatic amines is 1. The van der Waals surface area contributed by atoms with Crippen LogP contribution in [0.1, 0.15) is 28.9 Å². The minimum Gasteiger partial charge on any atom is -0.364 e. The van der Waals surface area contributed by atoms with Crippen LogP contribution in [0.5, 0.6) is 0 Å². The highest BCUT2D eigenvalue weighted by Crippen LogP contribution is 2.04. The minimum absolute atomic E-state index is 0.0268. The molecular weight excluding hydrogens is 234 g/mol. The fourth-order valence-corrected chi connectivity index (χ4v) is 1.90. The van der Waals surface area contributed by atoms with E-state index in [9.17, 15) is 14.4 Å². The third kappa shape index (κ3) is 2.58. The summed E-state index contributed by atoms with van der Waals surface area (Å²) in [5.41, 5.74) is 0.367. The van der Waals surface area contributed by atoms with Crippen LogP contribution in [-0.4, -0.2) is 29.4 Å². The summed E-state index contributed by atoms with van der Waals surface area (Å²) in [6, 6.07) is 0.808. The third-order valence-corrected chi connectivity index (χ3v) is 2.89. The van der Waals surface area contributed by atoms with E-state index in [1.165, 1.54) is 12.3 Å². The Morgan fingerprint density at radius 3 is 2.89 bits per heavy atom. The number of amides is 2. The number of pyridine rings is 1. The van der Waals surface area contributed by atoms with Crippen molar-refractivity contribution in [3.8, 4) is 0 Å². The SMILES string of the molecule is Cc1cc(=O)c(C(=O)NC2CCCNC2=O)c[nH]1. The minimum atomic E-state index is -0.549. The van der Waals surface area contributed by atoms with E-state index >= 15 is 0 Å². The summed E-state index contributed by atoms with van der Waals surface area (Å²) >= 11 is 0. The molecule has 0 radical (unpaired) electrons. The molecule has 2 amide bonds. The van der Waals surface area contributed by atoms with E-state index in [2.05, 4.69) is 15.6 Å². The molecule has 1 aliphatic rings. The second-order valence-electron chi connectivity index (χ2n) is 4.35. The van der Waals surface area contributed by atoms with Gasteiger partial charge in [-0.15, -0.1) is 0 Å². The molecule has 0 spiro atoms. The predicted molar refractivity (Wildman–Crippen MR) is 65.3 cm³/mol. The zero-order valence-electron chi connectivity index (χ0n) is 10.1. The Hall–Kier alpha value is -2.11. The van der Waals surface area contributed by atoms with Gasteiger partial charge in [0, 0.05) is 24.5 Å². The Bertz CT molecular complexity index is 536. The summed E-state index contributed by atoms with van der Waals surface area (Å²) in [5.74, 6) is -0.712. The van der Waals surface area contributed by atoms with Gasteiger partial charge in [-0.1, -0.05) is 0 Å². The molecule has 6 heteroatoms. The van der Waals surface area contributed by atoms with Crippen molar-refractivity contribution in [2.75, 3.05) is 6.54 Å². The lowest BCUT2D eigenvalue weighted by Gasteiger charge is -2.22. The highest BCUT2D eigenvalue weighted by Gasteiger charge is 2.24. The number of H-pyrrole nitrogens is 1. The molecule has 0 aromatic carbocycles. The summed E-state index contributed by atoms with van der Waals surface area (Å²) in [4.78, 5) is 37.8. The van der Waals surface area contributed by atoms with E-state index in [1.807, 2.05) is 0 Å². The molecule has 2 rings (SSSR count). The number of rotatable bonds is 2. The van der Waals surface area contributed by atoms with Gasteiger partial charge in [-0.3, -0.25) is 14.4 Å². The van der Waals surface area contributed by atoms with Crippen molar-refractivity contribution >= 4 is 11.8 Å². The van der Waals surface area contributed by atoms with Crippen molar-refractivity contribution < 1.29 is 9.59 Å². The van der Waals surface area contributed by atoms with E-state index in [0.717, 1.165) is 6.42 Å². The Morgan fingerprint density at radius 2 is 2.22 bits per heavy atom. The van der Waals surface area contributed by atoms with Crippen molar-refractivity contribution in [3.05, 3.63) is 33.7 Å². The van der Waals surface area contributed by atoms with Gasteiger partial charge in [-0.05, 0) is 19.8 Å². The molecule has 1 saturated heterocycles. The Kier molecular flexibility index (Phi) is 3.45. The van der Waals surface area contributed by atoms with Crippen LogP contribution < -0.4 is 16.1 Å². The van der Waals surface area contributed by atoms with Gasteiger partial charge in [0.15, 0.2) is 5.43 Å². The van der Waals surface area contributed by atoms with Gasteiger partial charge in [0.2, 0.25) is 5.91 Å². The molecule has 1 aromatic heterocycles. The van der Waals surface area contributed by atoms with Crippen molar-refractivity contribution in [3.63, 3.8) is 0 Å². The van der Waals surface area contributed by atoms with E-state index < -0.39 is 11.9 Å².